The zero-order chi connectivity index (χ0) is 7.78. The van der Waals surface area contributed by atoms with Gasteiger partial charge in [-0.2, -0.15) is 4.39 Å². The highest BCUT2D eigenvalue weighted by molar-refractivity contribution is 5.73. The van der Waals surface area contributed by atoms with Gasteiger partial charge in [-0.1, -0.05) is 0 Å². The van der Waals surface area contributed by atoms with Gasteiger partial charge in [-0.15, -0.1) is 0 Å². The van der Waals surface area contributed by atoms with Crippen LogP contribution in [0.25, 0.3) is 0 Å². The van der Waals surface area contributed by atoms with Crippen molar-refractivity contribution in [2.75, 3.05) is 6.61 Å². The highest BCUT2D eigenvalue weighted by Gasteiger charge is 2.36. The summed E-state index contributed by atoms with van der Waals surface area (Å²) in [5.74, 6) is -0.813. The lowest BCUT2D eigenvalue weighted by atomic mass is 10.4. The van der Waals surface area contributed by atoms with Crippen molar-refractivity contribution in [3.8, 4) is 0 Å². The lowest BCUT2D eigenvalue weighted by Gasteiger charge is -2.15. The summed E-state index contributed by atoms with van der Waals surface area (Å²) in [6, 6.07) is -1.47. The Kier molecular flexibility index (Phi) is 1.74. The van der Waals surface area contributed by atoms with Crippen molar-refractivity contribution in [3.63, 3.8) is 0 Å². The SMILES string of the molecule is CC1(C)OCC(C(=O)F)O1. The molecule has 0 spiro atoms. The molecule has 1 aliphatic rings. The van der Waals surface area contributed by atoms with Gasteiger partial charge in [0, 0.05) is 0 Å². The Hall–Kier alpha value is -0.480. The molecule has 0 aromatic heterocycles. The largest absolute Gasteiger partial charge is 0.347 e. The third-order valence-electron chi connectivity index (χ3n) is 1.26. The molecular weight excluding hydrogens is 139 g/mol. The van der Waals surface area contributed by atoms with E-state index >= 15 is 0 Å². The summed E-state index contributed by atoms with van der Waals surface area (Å²) in [5.41, 5.74) is 0. The first-order valence-electron chi connectivity index (χ1n) is 3.02. The molecule has 0 bridgehead atoms. The number of hydrogen-bond acceptors (Lipinski definition) is 3. The zero-order valence-corrected chi connectivity index (χ0v) is 5.89. The van der Waals surface area contributed by atoms with Gasteiger partial charge in [0.25, 0.3) is 0 Å². The number of hydrogen-bond donors (Lipinski definition) is 0. The lowest BCUT2D eigenvalue weighted by molar-refractivity contribution is -0.159. The van der Waals surface area contributed by atoms with Gasteiger partial charge in [-0.05, 0) is 13.8 Å². The molecule has 1 aliphatic heterocycles. The molecular formula is C6H9FO3. The molecule has 1 heterocycles. The average molecular weight is 148 g/mol. The zero-order valence-electron chi connectivity index (χ0n) is 5.89. The predicted octanol–water partition coefficient (Wildman–Crippen LogP) is 0.634. The van der Waals surface area contributed by atoms with E-state index < -0.39 is 17.9 Å². The number of ether oxygens (including phenoxy) is 2. The van der Waals surface area contributed by atoms with Crippen LogP contribution < -0.4 is 0 Å². The second-order valence-corrected chi connectivity index (χ2v) is 2.62. The van der Waals surface area contributed by atoms with Gasteiger partial charge in [0.2, 0.25) is 0 Å². The third kappa shape index (κ3) is 1.52. The van der Waals surface area contributed by atoms with Crippen LogP contribution >= 0.6 is 0 Å². The molecule has 0 radical (unpaired) electrons. The van der Waals surface area contributed by atoms with Crippen molar-refractivity contribution >= 4 is 6.04 Å². The van der Waals surface area contributed by atoms with Gasteiger partial charge in [-0.25, -0.2) is 0 Å². The van der Waals surface area contributed by atoms with Crippen LogP contribution in [-0.2, 0) is 14.3 Å². The molecule has 0 N–H and O–H groups in total. The van der Waals surface area contributed by atoms with Gasteiger partial charge in [0.1, 0.15) is 0 Å². The Morgan fingerprint density at radius 2 is 2.30 bits per heavy atom. The minimum atomic E-state index is -1.47. The summed E-state index contributed by atoms with van der Waals surface area (Å²) in [7, 11) is 0. The fourth-order valence-electron chi connectivity index (χ4n) is 0.799. The van der Waals surface area contributed by atoms with Crippen LogP contribution in [0.5, 0.6) is 0 Å². The van der Waals surface area contributed by atoms with Gasteiger partial charge >= 0.3 is 6.04 Å². The Labute approximate surface area is 58.1 Å². The minimum Gasteiger partial charge on any atom is -0.347 e. The van der Waals surface area contributed by atoms with E-state index in [1.54, 1.807) is 13.8 Å². The molecule has 0 aromatic carbocycles. The summed E-state index contributed by atoms with van der Waals surface area (Å²) >= 11 is 0. The molecule has 0 amide bonds. The Balaban J connectivity index is 2.51. The van der Waals surface area contributed by atoms with E-state index in [1.807, 2.05) is 0 Å². The molecule has 10 heavy (non-hydrogen) atoms. The lowest BCUT2D eigenvalue weighted by Crippen LogP contribution is -2.24. The summed E-state index contributed by atoms with van der Waals surface area (Å²) in [6.07, 6.45) is -1.02. The van der Waals surface area contributed by atoms with Gasteiger partial charge in [-0.3, -0.25) is 4.79 Å². The van der Waals surface area contributed by atoms with Crippen LogP contribution in [-0.4, -0.2) is 24.5 Å². The van der Waals surface area contributed by atoms with E-state index in [-0.39, 0.29) is 6.61 Å². The standard InChI is InChI=1S/C6H9FO3/c1-6(2)9-3-4(10-6)5(7)8/h4H,3H2,1-2H3. The predicted molar refractivity (Wildman–Crippen MR) is 31.0 cm³/mol. The highest BCUT2D eigenvalue weighted by Crippen LogP contribution is 2.22. The normalized spacial score (nSPS) is 30.5. The molecule has 4 heteroatoms. The molecule has 1 atom stereocenters. The van der Waals surface area contributed by atoms with Crippen LogP contribution in [0.4, 0.5) is 4.39 Å². The number of carbonyl (C=O) groups is 1. The molecule has 1 saturated heterocycles. The van der Waals surface area contributed by atoms with E-state index in [0.717, 1.165) is 0 Å². The first kappa shape index (κ1) is 7.63. The molecule has 1 fully saturated rings. The maximum atomic E-state index is 11.9. The third-order valence-corrected chi connectivity index (χ3v) is 1.26. The van der Waals surface area contributed by atoms with Crippen LogP contribution in [0, 0.1) is 0 Å². The fraction of sp³-hybridized carbons (Fsp3) is 0.833. The van der Waals surface area contributed by atoms with Crippen molar-refractivity contribution in [2.24, 2.45) is 0 Å². The van der Waals surface area contributed by atoms with E-state index in [9.17, 15) is 9.18 Å². The first-order valence-corrected chi connectivity index (χ1v) is 3.02. The summed E-state index contributed by atoms with van der Waals surface area (Å²) in [5, 5.41) is 0. The Morgan fingerprint density at radius 3 is 2.50 bits per heavy atom. The molecule has 0 aliphatic carbocycles. The summed E-state index contributed by atoms with van der Waals surface area (Å²) in [6.45, 7) is 3.29. The van der Waals surface area contributed by atoms with Gasteiger partial charge in [0.05, 0.1) is 6.61 Å². The van der Waals surface area contributed by atoms with Crippen molar-refractivity contribution in [2.45, 2.75) is 25.7 Å². The number of carbonyl (C=O) groups excluding carboxylic acids is 1. The second kappa shape index (κ2) is 2.29. The fourth-order valence-corrected chi connectivity index (χ4v) is 0.799. The van der Waals surface area contributed by atoms with E-state index in [2.05, 4.69) is 0 Å². The second-order valence-electron chi connectivity index (χ2n) is 2.62. The molecule has 3 nitrogen and oxygen atoms in total. The van der Waals surface area contributed by atoms with Crippen molar-refractivity contribution < 1.29 is 18.7 Å². The van der Waals surface area contributed by atoms with Crippen molar-refractivity contribution in [1.82, 2.24) is 0 Å². The maximum Gasteiger partial charge on any atom is 0.332 e. The summed E-state index contributed by atoms with van der Waals surface area (Å²) in [4.78, 5) is 10.1. The van der Waals surface area contributed by atoms with Gasteiger partial charge < -0.3 is 9.47 Å². The van der Waals surface area contributed by atoms with E-state index in [4.69, 9.17) is 9.47 Å². The van der Waals surface area contributed by atoms with E-state index in [0.29, 0.717) is 0 Å². The topological polar surface area (TPSA) is 35.5 Å². The molecule has 1 unspecified atom stereocenters. The minimum absolute atomic E-state index is 0.0162. The van der Waals surface area contributed by atoms with Gasteiger partial charge in [0.15, 0.2) is 11.9 Å². The molecule has 0 aromatic rings. The quantitative estimate of drug-likeness (QED) is 0.512. The van der Waals surface area contributed by atoms with Crippen molar-refractivity contribution in [1.29, 1.82) is 0 Å². The first-order chi connectivity index (χ1) is 4.51. The monoisotopic (exact) mass is 148 g/mol. The maximum absolute atomic E-state index is 11.9. The Bertz CT molecular complexity index is 155. The smallest absolute Gasteiger partial charge is 0.332 e. The van der Waals surface area contributed by atoms with Crippen molar-refractivity contribution in [3.05, 3.63) is 0 Å². The molecule has 0 saturated carbocycles. The van der Waals surface area contributed by atoms with Crippen LogP contribution in [0.1, 0.15) is 13.8 Å². The average Bonchev–Trinajstić information content (AvgIpc) is 2.10. The highest BCUT2D eigenvalue weighted by atomic mass is 19.1. The van der Waals surface area contributed by atoms with E-state index in [1.165, 1.54) is 0 Å². The molecule has 1 rings (SSSR count). The summed E-state index contributed by atoms with van der Waals surface area (Å²) < 4.78 is 21.7. The van der Waals surface area contributed by atoms with Crippen LogP contribution in [0.15, 0.2) is 0 Å². The van der Waals surface area contributed by atoms with Crippen LogP contribution in [0.3, 0.4) is 0 Å². The molecule has 58 valence electrons. The number of halogens is 1. The number of rotatable bonds is 1. The Morgan fingerprint density at radius 1 is 1.70 bits per heavy atom. The van der Waals surface area contributed by atoms with Crippen LogP contribution in [0.2, 0.25) is 0 Å².